The molecule has 1 aliphatic carbocycles. The number of fused-ring (bicyclic) bond motifs is 2. The average Bonchev–Trinajstić information content (AvgIpc) is 3.31. The fourth-order valence-corrected chi connectivity index (χ4v) is 5.30. The molecule has 0 saturated heterocycles. The molecule has 1 aliphatic heterocycles. The number of nitrogens with one attached hydrogen (secondary N) is 3. The predicted octanol–water partition coefficient (Wildman–Crippen LogP) is 2.96. The molecule has 29 heavy (non-hydrogen) atoms. The highest BCUT2D eigenvalue weighted by Gasteiger charge is 2.28. The van der Waals surface area contributed by atoms with E-state index in [0.29, 0.717) is 18.9 Å². The highest BCUT2D eigenvalue weighted by Crippen LogP contribution is 2.34. The molecule has 2 aliphatic rings. The average molecular weight is 418 g/mol. The molecule has 4 rings (SSSR count). The van der Waals surface area contributed by atoms with E-state index >= 15 is 0 Å². The molecule has 1 aromatic carbocycles. The van der Waals surface area contributed by atoms with Crippen LogP contribution in [0.15, 0.2) is 17.2 Å². The van der Waals surface area contributed by atoms with Crippen molar-refractivity contribution in [3.8, 4) is 0 Å². The lowest BCUT2D eigenvalue weighted by Crippen LogP contribution is -2.35. The Hall–Kier alpha value is -2.55. The van der Waals surface area contributed by atoms with Gasteiger partial charge in [0, 0.05) is 18.8 Å². The quantitative estimate of drug-likeness (QED) is 0.694. The van der Waals surface area contributed by atoms with Crippen LogP contribution in [-0.2, 0) is 35.8 Å². The first-order chi connectivity index (χ1) is 13.9. The number of amides is 2. The minimum Gasteiger partial charge on any atom is -0.369 e. The molecular weight excluding hydrogens is 390 g/mol. The summed E-state index contributed by atoms with van der Waals surface area (Å²) in [5.41, 5.74) is 5.36. The van der Waals surface area contributed by atoms with Crippen molar-refractivity contribution in [2.75, 3.05) is 17.2 Å². The maximum atomic E-state index is 12.8. The zero-order valence-electron chi connectivity index (χ0n) is 16.8. The Labute approximate surface area is 171 Å². The van der Waals surface area contributed by atoms with E-state index in [-0.39, 0.29) is 4.90 Å². The van der Waals surface area contributed by atoms with Gasteiger partial charge in [-0.25, -0.2) is 22.6 Å². The summed E-state index contributed by atoms with van der Waals surface area (Å²) in [7, 11) is -4.03. The van der Waals surface area contributed by atoms with Crippen LogP contribution in [0.4, 0.5) is 16.3 Å². The molecule has 2 aromatic rings. The van der Waals surface area contributed by atoms with Crippen molar-refractivity contribution in [1.29, 1.82) is 0 Å². The summed E-state index contributed by atoms with van der Waals surface area (Å²) in [4.78, 5) is 12.7. The molecule has 0 spiro atoms. The molecule has 0 unspecified atom stereocenters. The number of nitrogens with zero attached hydrogens (tertiary/aromatic N) is 2. The van der Waals surface area contributed by atoms with E-state index in [1.807, 2.05) is 6.92 Å². The zero-order chi connectivity index (χ0) is 20.6. The first kappa shape index (κ1) is 19.8. The van der Waals surface area contributed by atoms with Crippen LogP contribution in [0.5, 0.6) is 0 Å². The molecule has 0 atom stereocenters. The Bertz CT molecular complexity index is 1060. The van der Waals surface area contributed by atoms with Gasteiger partial charge in [0.05, 0.1) is 6.20 Å². The van der Waals surface area contributed by atoms with E-state index < -0.39 is 16.1 Å². The van der Waals surface area contributed by atoms with Gasteiger partial charge in [-0.05, 0) is 61.3 Å². The van der Waals surface area contributed by atoms with Crippen molar-refractivity contribution in [2.24, 2.45) is 0 Å². The fraction of sp³-hybridized carbons (Fsp3) is 0.500. The fourth-order valence-electron chi connectivity index (χ4n) is 4.28. The number of rotatable bonds is 5. The Balaban J connectivity index is 1.58. The van der Waals surface area contributed by atoms with E-state index in [0.717, 1.165) is 55.3 Å². The molecule has 0 saturated carbocycles. The second-order valence-electron chi connectivity index (χ2n) is 7.70. The molecule has 0 radical (unpaired) electrons. The summed E-state index contributed by atoms with van der Waals surface area (Å²) < 4.78 is 29.3. The van der Waals surface area contributed by atoms with E-state index in [4.69, 9.17) is 0 Å². The van der Waals surface area contributed by atoms with Gasteiger partial charge in [-0.3, -0.25) is 0 Å². The minimum atomic E-state index is -4.03. The SMILES string of the molecule is CCCc1cc2c(c(NC(=O)NS(=O)(=O)c3cnn4c3NCCC4)c1C)CCC2. The number of sulfonamides is 1. The molecule has 156 valence electrons. The number of urea groups is 1. The maximum Gasteiger partial charge on any atom is 0.333 e. The molecule has 8 nitrogen and oxygen atoms in total. The molecule has 0 fully saturated rings. The third-order valence-corrected chi connectivity index (χ3v) is 7.02. The standard InChI is InChI=1S/C20H27N5O3S/c1-3-6-14-11-15-7-4-8-16(15)18(13(14)2)23-20(26)24-29(27,28)17-12-22-25-10-5-9-21-19(17)25/h11-12,21H,3-10H2,1-2H3,(H2,23,24,26). The smallest absolute Gasteiger partial charge is 0.333 e. The topological polar surface area (TPSA) is 105 Å². The number of carbonyl (C=O) groups is 1. The second-order valence-corrected chi connectivity index (χ2v) is 9.35. The number of aryl methyl sites for hydroxylation is 3. The minimum absolute atomic E-state index is 0.00552. The summed E-state index contributed by atoms with van der Waals surface area (Å²) in [6, 6.07) is 1.50. The largest absolute Gasteiger partial charge is 0.369 e. The number of aromatic nitrogens is 2. The van der Waals surface area contributed by atoms with Gasteiger partial charge in [0.2, 0.25) is 0 Å². The van der Waals surface area contributed by atoms with Crippen molar-refractivity contribution in [2.45, 2.75) is 63.8 Å². The van der Waals surface area contributed by atoms with Crippen LogP contribution in [0.2, 0.25) is 0 Å². The number of hydrogen-bond acceptors (Lipinski definition) is 5. The van der Waals surface area contributed by atoms with Crippen LogP contribution < -0.4 is 15.4 Å². The summed E-state index contributed by atoms with van der Waals surface area (Å²) in [5, 5.41) is 10.00. The Morgan fingerprint density at radius 1 is 1.31 bits per heavy atom. The normalized spacial score (nSPS) is 15.4. The van der Waals surface area contributed by atoms with E-state index in [1.165, 1.54) is 17.3 Å². The van der Waals surface area contributed by atoms with Crippen molar-refractivity contribution in [3.63, 3.8) is 0 Å². The van der Waals surface area contributed by atoms with E-state index in [1.54, 1.807) is 4.68 Å². The lowest BCUT2D eigenvalue weighted by molar-refractivity contribution is 0.256. The van der Waals surface area contributed by atoms with Gasteiger partial charge in [0.1, 0.15) is 10.7 Å². The Kier molecular flexibility index (Phi) is 5.24. The molecule has 2 heterocycles. The molecule has 2 amide bonds. The summed E-state index contributed by atoms with van der Waals surface area (Å²) in [5.74, 6) is 0.429. The van der Waals surface area contributed by atoms with Gasteiger partial charge < -0.3 is 10.6 Å². The van der Waals surface area contributed by atoms with Gasteiger partial charge in [0.15, 0.2) is 0 Å². The molecule has 3 N–H and O–H groups in total. The van der Waals surface area contributed by atoms with Gasteiger partial charge >= 0.3 is 6.03 Å². The highest BCUT2D eigenvalue weighted by atomic mass is 32.2. The molecule has 9 heteroatoms. The third-order valence-electron chi connectivity index (χ3n) is 5.69. The monoisotopic (exact) mass is 417 g/mol. The van der Waals surface area contributed by atoms with Crippen LogP contribution in [-0.4, -0.2) is 30.8 Å². The summed E-state index contributed by atoms with van der Waals surface area (Å²) in [6.07, 6.45) is 7.05. The van der Waals surface area contributed by atoms with Crippen LogP contribution in [0.1, 0.15) is 48.4 Å². The van der Waals surface area contributed by atoms with Gasteiger partial charge in [0.25, 0.3) is 10.0 Å². The van der Waals surface area contributed by atoms with E-state index in [2.05, 4.69) is 33.4 Å². The van der Waals surface area contributed by atoms with Crippen molar-refractivity contribution >= 4 is 27.6 Å². The lowest BCUT2D eigenvalue weighted by Gasteiger charge is -2.19. The van der Waals surface area contributed by atoms with Gasteiger partial charge in [-0.1, -0.05) is 19.4 Å². The number of benzene rings is 1. The van der Waals surface area contributed by atoms with Crippen LogP contribution in [0.25, 0.3) is 0 Å². The Morgan fingerprint density at radius 2 is 2.14 bits per heavy atom. The van der Waals surface area contributed by atoms with E-state index in [9.17, 15) is 13.2 Å². The number of hydrogen-bond donors (Lipinski definition) is 3. The lowest BCUT2D eigenvalue weighted by atomic mass is 9.95. The van der Waals surface area contributed by atoms with Crippen molar-refractivity contribution in [3.05, 3.63) is 34.5 Å². The maximum absolute atomic E-state index is 12.8. The van der Waals surface area contributed by atoms with Crippen molar-refractivity contribution in [1.82, 2.24) is 14.5 Å². The molecule has 0 bridgehead atoms. The predicted molar refractivity (Wildman–Crippen MR) is 112 cm³/mol. The van der Waals surface area contributed by atoms with Gasteiger partial charge in [-0.2, -0.15) is 5.10 Å². The van der Waals surface area contributed by atoms with Gasteiger partial charge in [-0.15, -0.1) is 0 Å². The third kappa shape index (κ3) is 3.71. The summed E-state index contributed by atoms with van der Waals surface area (Å²) in [6.45, 7) is 5.45. The first-order valence-electron chi connectivity index (χ1n) is 10.2. The molecule has 1 aromatic heterocycles. The number of carbonyl (C=O) groups excluding carboxylic acids is 1. The first-order valence-corrected chi connectivity index (χ1v) is 11.7. The van der Waals surface area contributed by atoms with Crippen LogP contribution >= 0.6 is 0 Å². The second kappa shape index (κ2) is 7.70. The zero-order valence-corrected chi connectivity index (χ0v) is 17.7. The summed E-state index contributed by atoms with van der Waals surface area (Å²) >= 11 is 0. The van der Waals surface area contributed by atoms with Crippen LogP contribution in [0.3, 0.4) is 0 Å². The molecular formula is C20H27N5O3S. The number of anilines is 2. The van der Waals surface area contributed by atoms with Crippen LogP contribution in [0, 0.1) is 6.92 Å². The highest BCUT2D eigenvalue weighted by molar-refractivity contribution is 7.90. The van der Waals surface area contributed by atoms with Crippen molar-refractivity contribution < 1.29 is 13.2 Å². The Morgan fingerprint density at radius 3 is 2.93 bits per heavy atom.